The second-order valence-electron chi connectivity index (χ2n) is 9.91. The number of carbonyl (C=O) groups excluding carboxylic acids is 1. The Bertz CT molecular complexity index is 1270. The number of hydrogen-bond donors (Lipinski definition) is 1. The smallest absolute Gasteiger partial charge is 0.309 e. The number of aryl methyl sites for hydroxylation is 2. The average molecular weight is 479 g/mol. The molecule has 0 radical (unpaired) electrons. The fourth-order valence-electron chi connectivity index (χ4n) is 5.69. The molecule has 9 nitrogen and oxygen atoms in total. The molecule has 3 heterocycles. The Balaban J connectivity index is 1.56. The van der Waals surface area contributed by atoms with Crippen LogP contribution in [-0.4, -0.2) is 55.8 Å². The summed E-state index contributed by atoms with van der Waals surface area (Å²) in [5, 5.41) is 13.9. The summed E-state index contributed by atoms with van der Waals surface area (Å²) in [6, 6.07) is 6.01. The molecular weight excluding hydrogens is 444 g/mol. The average Bonchev–Trinajstić information content (AvgIpc) is 3.55. The number of tetrazole rings is 1. The second kappa shape index (κ2) is 9.89. The van der Waals surface area contributed by atoms with Crippen LogP contribution in [0, 0.1) is 19.8 Å². The predicted octanol–water partition coefficient (Wildman–Crippen LogP) is 3.61. The van der Waals surface area contributed by atoms with E-state index < -0.39 is 0 Å². The van der Waals surface area contributed by atoms with Gasteiger partial charge in [-0.05, 0) is 79.5 Å². The van der Waals surface area contributed by atoms with Crippen molar-refractivity contribution in [1.82, 2.24) is 30.1 Å². The van der Waals surface area contributed by atoms with Crippen LogP contribution >= 0.6 is 0 Å². The third kappa shape index (κ3) is 4.49. The fraction of sp³-hybridized carbons (Fsp3) is 0.577. The fourth-order valence-corrected chi connectivity index (χ4v) is 5.69. The first-order valence-electron chi connectivity index (χ1n) is 12.8. The van der Waals surface area contributed by atoms with Gasteiger partial charge >= 0.3 is 5.97 Å². The van der Waals surface area contributed by atoms with Crippen LogP contribution in [0.1, 0.15) is 80.0 Å². The third-order valence-electron chi connectivity index (χ3n) is 7.82. The van der Waals surface area contributed by atoms with Gasteiger partial charge in [-0.2, -0.15) is 0 Å². The van der Waals surface area contributed by atoms with Crippen molar-refractivity contribution in [2.75, 3.05) is 19.7 Å². The first-order valence-corrected chi connectivity index (χ1v) is 12.8. The topological polar surface area (TPSA) is 106 Å². The normalized spacial score (nSPS) is 18.8. The Labute approximate surface area is 204 Å². The highest BCUT2D eigenvalue weighted by atomic mass is 16.5. The minimum atomic E-state index is -0.386. The van der Waals surface area contributed by atoms with Crippen molar-refractivity contribution in [1.29, 1.82) is 0 Å². The maximum Gasteiger partial charge on any atom is 0.309 e. The number of hydrogen-bond acceptors (Lipinski definition) is 7. The molecule has 1 unspecified atom stereocenters. The Morgan fingerprint density at radius 2 is 1.91 bits per heavy atom. The van der Waals surface area contributed by atoms with Crippen molar-refractivity contribution in [3.05, 3.63) is 51.1 Å². The van der Waals surface area contributed by atoms with Gasteiger partial charge in [0, 0.05) is 18.7 Å². The second-order valence-corrected chi connectivity index (χ2v) is 9.91. The number of esters is 1. The molecule has 1 aliphatic heterocycles. The number of carbonyl (C=O) groups is 1. The third-order valence-corrected chi connectivity index (χ3v) is 7.82. The Hall–Kier alpha value is -3.07. The predicted molar refractivity (Wildman–Crippen MR) is 132 cm³/mol. The highest BCUT2D eigenvalue weighted by molar-refractivity contribution is 5.83. The summed E-state index contributed by atoms with van der Waals surface area (Å²) >= 11 is 0. The van der Waals surface area contributed by atoms with Gasteiger partial charge in [0.1, 0.15) is 6.04 Å². The molecule has 0 amide bonds. The minimum Gasteiger partial charge on any atom is -0.466 e. The van der Waals surface area contributed by atoms with Gasteiger partial charge in [-0.25, -0.2) is 4.68 Å². The number of nitrogens with zero attached hydrogens (tertiary/aromatic N) is 5. The van der Waals surface area contributed by atoms with E-state index in [0.29, 0.717) is 43.9 Å². The lowest BCUT2D eigenvalue weighted by Gasteiger charge is -2.36. The molecule has 1 saturated heterocycles. The van der Waals surface area contributed by atoms with E-state index in [9.17, 15) is 9.59 Å². The largest absolute Gasteiger partial charge is 0.466 e. The van der Waals surface area contributed by atoms with Crippen LogP contribution in [0.15, 0.2) is 23.0 Å². The van der Waals surface area contributed by atoms with Gasteiger partial charge in [0.05, 0.1) is 24.1 Å². The van der Waals surface area contributed by atoms with Gasteiger partial charge in [-0.15, -0.1) is 5.10 Å². The SMILES string of the molecule is CCOC(=O)C1CCN(C(c2cc3ccc(C)c(C)c3[nH]c2=O)c2nnnn2C2CCCC2)CC1. The summed E-state index contributed by atoms with van der Waals surface area (Å²) in [7, 11) is 0. The number of benzene rings is 1. The van der Waals surface area contributed by atoms with Crippen LogP contribution in [-0.2, 0) is 9.53 Å². The standard InChI is InChI=1S/C26H34N6O3/c1-4-35-26(34)18-11-13-31(14-12-18)23(24-28-29-30-32(24)20-7-5-6-8-20)21-15-19-10-9-16(2)17(3)22(19)27-25(21)33/h9-10,15,18,20,23H,4-8,11-14H2,1-3H3,(H,27,33). The van der Waals surface area contributed by atoms with E-state index in [1.165, 1.54) is 0 Å². The van der Waals surface area contributed by atoms with Crippen molar-refractivity contribution >= 4 is 16.9 Å². The number of fused-ring (bicyclic) bond motifs is 1. The van der Waals surface area contributed by atoms with Gasteiger partial charge in [0.15, 0.2) is 5.82 Å². The van der Waals surface area contributed by atoms with E-state index >= 15 is 0 Å². The molecule has 2 fully saturated rings. The Morgan fingerprint density at radius 3 is 2.63 bits per heavy atom. The molecule has 3 aromatic rings. The van der Waals surface area contributed by atoms with Crippen molar-refractivity contribution in [2.24, 2.45) is 5.92 Å². The lowest BCUT2D eigenvalue weighted by atomic mass is 9.93. The van der Waals surface area contributed by atoms with Crippen molar-refractivity contribution < 1.29 is 9.53 Å². The molecule has 2 aromatic heterocycles. The van der Waals surface area contributed by atoms with Crippen LogP contribution in [0.25, 0.3) is 10.9 Å². The zero-order valence-corrected chi connectivity index (χ0v) is 20.8. The molecule has 5 rings (SSSR count). The van der Waals surface area contributed by atoms with Crippen molar-refractivity contribution in [3.63, 3.8) is 0 Å². The molecule has 0 bridgehead atoms. The maximum atomic E-state index is 13.5. The summed E-state index contributed by atoms with van der Waals surface area (Å²) in [6.45, 7) is 7.63. The summed E-state index contributed by atoms with van der Waals surface area (Å²) in [6.07, 6.45) is 5.78. The molecule has 1 aromatic carbocycles. The maximum absolute atomic E-state index is 13.5. The zero-order chi connectivity index (χ0) is 24.5. The highest BCUT2D eigenvalue weighted by Gasteiger charge is 2.36. The number of aromatic amines is 1. The first-order chi connectivity index (χ1) is 17.0. The molecule has 35 heavy (non-hydrogen) atoms. The summed E-state index contributed by atoms with van der Waals surface area (Å²) < 4.78 is 7.20. The summed E-state index contributed by atoms with van der Waals surface area (Å²) in [4.78, 5) is 31.3. The molecule has 186 valence electrons. The van der Waals surface area contributed by atoms with Gasteiger partial charge in [-0.1, -0.05) is 25.0 Å². The molecule has 1 aliphatic carbocycles. The van der Waals surface area contributed by atoms with E-state index in [2.05, 4.69) is 37.5 Å². The summed E-state index contributed by atoms with van der Waals surface area (Å²) in [5.41, 5.74) is 3.61. The number of aromatic nitrogens is 5. The van der Waals surface area contributed by atoms with Crippen LogP contribution < -0.4 is 5.56 Å². The number of nitrogens with one attached hydrogen (secondary N) is 1. The van der Waals surface area contributed by atoms with Crippen LogP contribution in [0.5, 0.6) is 0 Å². The Morgan fingerprint density at radius 1 is 1.17 bits per heavy atom. The van der Waals surface area contributed by atoms with E-state index in [1.54, 1.807) is 0 Å². The molecule has 1 saturated carbocycles. The van der Waals surface area contributed by atoms with Gasteiger partial charge in [0.2, 0.25) is 0 Å². The first kappa shape index (κ1) is 23.7. The molecule has 1 atom stereocenters. The van der Waals surface area contributed by atoms with E-state index in [0.717, 1.165) is 47.7 Å². The quantitative estimate of drug-likeness (QED) is 0.540. The van der Waals surface area contributed by atoms with Crippen LogP contribution in [0.3, 0.4) is 0 Å². The van der Waals surface area contributed by atoms with Crippen molar-refractivity contribution in [2.45, 2.75) is 71.4 Å². The minimum absolute atomic E-state index is 0.113. The number of ether oxygens (including phenoxy) is 1. The Kier molecular flexibility index (Phi) is 6.69. The number of H-pyrrole nitrogens is 1. The molecule has 9 heteroatoms. The van der Waals surface area contributed by atoms with Crippen molar-refractivity contribution in [3.8, 4) is 0 Å². The molecular formula is C26H34N6O3. The zero-order valence-electron chi connectivity index (χ0n) is 20.8. The van der Waals surface area contributed by atoms with E-state index in [-0.39, 0.29) is 29.5 Å². The number of likely N-dealkylation sites (tertiary alicyclic amines) is 1. The summed E-state index contributed by atoms with van der Waals surface area (Å²) in [5.74, 6) is 0.465. The van der Waals surface area contributed by atoms with Gasteiger partial charge < -0.3 is 9.72 Å². The van der Waals surface area contributed by atoms with E-state index in [4.69, 9.17) is 4.74 Å². The van der Waals surface area contributed by atoms with Crippen LogP contribution in [0.2, 0.25) is 0 Å². The lowest BCUT2D eigenvalue weighted by Crippen LogP contribution is -2.42. The molecule has 0 spiro atoms. The van der Waals surface area contributed by atoms with Crippen LogP contribution in [0.4, 0.5) is 0 Å². The van der Waals surface area contributed by atoms with E-state index in [1.807, 2.05) is 31.5 Å². The molecule has 1 N–H and O–H groups in total. The van der Waals surface area contributed by atoms with Gasteiger partial charge in [-0.3, -0.25) is 14.5 Å². The highest BCUT2D eigenvalue weighted by Crippen LogP contribution is 2.35. The lowest BCUT2D eigenvalue weighted by molar-refractivity contribution is -0.149. The monoisotopic (exact) mass is 478 g/mol. The van der Waals surface area contributed by atoms with Gasteiger partial charge in [0.25, 0.3) is 5.56 Å². The number of rotatable bonds is 6. The molecule has 2 aliphatic rings. The number of piperidine rings is 1. The number of pyridine rings is 1.